The number of alkyl halides is 3. The normalized spacial score (nSPS) is 23.4. The molecule has 116 valence electrons. The Morgan fingerprint density at radius 3 is 2.62 bits per heavy atom. The zero-order chi connectivity index (χ0) is 14.9. The molecular formula is C16H21F3N2. The first-order valence-electron chi connectivity index (χ1n) is 7.67. The van der Waals surface area contributed by atoms with Crippen LogP contribution in [-0.4, -0.2) is 25.3 Å². The van der Waals surface area contributed by atoms with Gasteiger partial charge in [0.1, 0.15) is 0 Å². The van der Waals surface area contributed by atoms with Gasteiger partial charge in [0.15, 0.2) is 0 Å². The van der Waals surface area contributed by atoms with Gasteiger partial charge < -0.3 is 10.2 Å². The Bertz CT molecular complexity index is 483. The molecule has 0 radical (unpaired) electrons. The summed E-state index contributed by atoms with van der Waals surface area (Å²) < 4.78 is 38.9. The lowest BCUT2D eigenvalue weighted by Crippen LogP contribution is -2.42. The van der Waals surface area contributed by atoms with E-state index in [1.54, 1.807) is 0 Å². The number of rotatable bonds is 4. The number of nitrogens with one attached hydrogen (secondary N) is 1. The molecule has 0 spiro atoms. The second-order valence-corrected chi connectivity index (χ2v) is 6.11. The standard InChI is InChI=1S/C16H21F3N2/c17-16(18,19)13-5-3-9-21(11-13)15-6-2-1-4-12(15)10-20-14-7-8-14/h1-2,4,6,13-14,20H,3,5,7-11H2. The summed E-state index contributed by atoms with van der Waals surface area (Å²) in [5.41, 5.74) is 2.06. The third-order valence-corrected chi connectivity index (χ3v) is 4.38. The Hall–Kier alpha value is -1.23. The summed E-state index contributed by atoms with van der Waals surface area (Å²) in [6.45, 7) is 1.55. The lowest BCUT2D eigenvalue weighted by Gasteiger charge is -2.36. The van der Waals surface area contributed by atoms with E-state index < -0.39 is 12.1 Å². The predicted octanol–water partition coefficient (Wildman–Crippen LogP) is 3.72. The molecule has 0 bridgehead atoms. The zero-order valence-corrected chi connectivity index (χ0v) is 12.0. The smallest absolute Gasteiger partial charge is 0.371 e. The van der Waals surface area contributed by atoms with Crippen molar-refractivity contribution in [2.45, 2.75) is 44.4 Å². The highest BCUT2D eigenvalue weighted by molar-refractivity contribution is 5.54. The van der Waals surface area contributed by atoms with Crippen molar-refractivity contribution in [1.29, 1.82) is 0 Å². The molecule has 1 saturated heterocycles. The van der Waals surface area contributed by atoms with Gasteiger partial charge in [0, 0.05) is 31.4 Å². The van der Waals surface area contributed by atoms with Crippen molar-refractivity contribution in [1.82, 2.24) is 5.32 Å². The molecule has 21 heavy (non-hydrogen) atoms. The van der Waals surface area contributed by atoms with Crippen LogP contribution in [0, 0.1) is 5.92 Å². The van der Waals surface area contributed by atoms with Crippen LogP contribution in [0.4, 0.5) is 18.9 Å². The van der Waals surface area contributed by atoms with Crippen LogP contribution in [0.2, 0.25) is 0 Å². The summed E-state index contributed by atoms with van der Waals surface area (Å²) in [5.74, 6) is -1.20. The lowest BCUT2D eigenvalue weighted by molar-refractivity contribution is -0.176. The Morgan fingerprint density at radius 2 is 1.90 bits per heavy atom. The van der Waals surface area contributed by atoms with Crippen LogP contribution in [0.15, 0.2) is 24.3 Å². The summed E-state index contributed by atoms with van der Waals surface area (Å²) >= 11 is 0. The first kappa shape index (κ1) is 14.7. The second kappa shape index (κ2) is 5.87. The largest absolute Gasteiger partial charge is 0.393 e. The van der Waals surface area contributed by atoms with E-state index in [-0.39, 0.29) is 13.0 Å². The van der Waals surface area contributed by atoms with Gasteiger partial charge in [-0.25, -0.2) is 0 Å². The third-order valence-electron chi connectivity index (χ3n) is 4.38. The van der Waals surface area contributed by atoms with E-state index >= 15 is 0 Å². The number of nitrogens with zero attached hydrogens (tertiary/aromatic N) is 1. The minimum absolute atomic E-state index is 0.0872. The molecule has 2 aliphatic rings. The fourth-order valence-electron chi connectivity index (χ4n) is 2.97. The van der Waals surface area contributed by atoms with Gasteiger partial charge >= 0.3 is 6.18 Å². The fraction of sp³-hybridized carbons (Fsp3) is 0.625. The van der Waals surface area contributed by atoms with Gasteiger partial charge in [-0.15, -0.1) is 0 Å². The minimum Gasteiger partial charge on any atom is -0.371 e. The van der Waals surface area contributed by atoms with Crippen molar-refractivity contribution >= 4 is 5.69 Å². The van der Waals surface area contributed by atoms with Gasteiger partial charge in [0.2, 0.25) is 0 Å². The number of benzene rings is 1. The zero-order valence-electron chi connectivity index (χ0n) is 12.0. The first-order chi connectivity index (χ1) is 10.0. The van der Waals surface area contributed by atoms with Crippen molar-refractivity contribution in [2.75, 3.05) is 18.0 Å². The van der Waals surface area contributed by atoms with E-state index in [2.05, 4.69) is 5.32 Å². The van der Waals surface area contributed by atoms with E-state index in [1.165, 1.54) is 12.8 Å². The second-order valence-electron chi connectivity index (χ2n) is 6.11. The number of anilines is 1. The van der Waals surface area contributed by atoms with Crippen molar-refractivity contribution < 1.29 is 13.2 Å². The topological polar surface area (TPSA) is 15.3 Å². The maximum atomic E-state index is 13.0. The van der Waals surface area contributed by atoms with E-state index in [0.717, 1.165) is 17.8 Å². The van der Waals surface area contributed by atoms with Crippen LogP contribution in [-0.2, 0) is 6.54 Å². The number of hydrogen-bond donors (Lipinski definition) is 1. The quantitative estimate of drug-likeness (QED) is 0.911. The highest BCUT2D eigenvalue weighted by Gasteiger charge is 2.42. The van der Waals surface area contributed by atoms with E-state index in [0.29, 0.717) is 19.0 Å². The Kier molecular flexibility index (Phi) is 4.11. The lowest BCUT2D eigenvalue weighted by atomic mass is 9.96. The van der Waals surface area contributed by atoms with Gasteiger partial charge in [-0.05, 0) is 37.3 Å². The number of piperidine rings is 1. The maximum Gasteiger partial charge on any atom is 0.393 e. The average molecular weight is 298 g/mol. The molecule has 1 aliphatic heterocycles. The number of halogens is 3. The highest BCUT2D eigenvalue weighted by Crippen LogP contribution is 2.35. The fourth-order valence-corrected chi connectivity index (χ4v) is 2.97. The van der Waals surface area contributed by atoms with Gasteiger partial charge in [-0.2, -0.15) is 13.2 Å². The van der Waals surface area contributed by atoms with Gasteiger partial charge in [-0.1, -0.05) is 18.2 Å². The number of hydrogen-bond acceptors (Lipinski definition) is 2. The summed E-state index contributed by atoms with van der Waals surface area (Å²) in [6, 6.07) is 8.43. The minimum atomic E-state index is -4.08. The molecular weight excluding hydrogens is 277 g/mol. The molecule has 1 aliphatic carbocycles. The molecule has 5 heteroatoms. The molecule has 0 amide bonds. The molecule has 1 heterocycles. The summed E-state index contributed by atoms with van der Waals surface area (Å²) in [4.78, 5) is 1.91. The van der Waals surface area contributed by atoms with Crippen LogP contribution in [0.25, 0.3) is 0 Å². The molecule has 0 aromatic heterocycles. The third kappa shape index (κ3) is 3.70. The monoisotopic (exact) mass is 298 g/mol. The summed E-state index contributed by atoms with van der Waals surface area (Å²) in [6.07, 6.45) is -0.805. The number of para-hydroxylation sites is 1. The highest BCUT2D eigenvalue weighted by atomic mass is 19.4. The molecule has 1 atom stereocenters. The van der Waals surface area contributed by atoms with E-state index in [9.17, 15) is 13.2 Å². The Labute approximate surface area is 123 Å². The molecule has 1 aromatic carbocycles. The average Bonchev–Trinajstić information content (AvgIpc) is 3.29. The molecule has 2 fully saturated rings. The first-order valence-corrected chi connectivity index (χ1v) is 7.67. The summed E-state index contributed by atoms with van der Waals surface area (Å²) in [5, 5.41) is 3.44. The predicted molar refractivity (Wildman–Crippen MR) is 77.3 cm³/mol. The molecule has 1 aromatic rings. The molecule has 1 saturated carbocycles. The van der Waals surface area contributed by atoms with Crippen LogP contribution < -0.4 is 10.2 Å². The molecule has 1 unspecified atom stereocenters. The van der Waals surface area contributed by atoms with Crippen molar-refractivity contribution in [3.63, 3.8) is 0 Å². The SMILES string of the molecule is FC(F)(F)C1CCCN(c2ccccc2CNC2CC2)C1. The van der Waals surface area contributed by atoms with Crippen LogP contribution in [0.5, 0.6) is 0 Å². The summed E-state index contributed by atoms with van der Waals surface area (Å²) in [7, 11) is 0. The van der Waals surface area contributed by atoms with E-state index in [4.69, 9.17) is 0 Å². The van der Waals surface area contributed by atoms with Gasteiger partial charge in [0.05, 0.1) is 5.92 Å². The Balaban J connectivity index is 1.72. The van der Waals surface area contributed by atoms with Gasteiger partial charge in [0.25, 0.3) is 0 Å². The Morgan fingerprint density at radius 1 is 1.14 bits per heavy atom. The molecule has 2 nitrogen and oxygen atoms in total. The van der Waals surface area contributed by atoms with E-state index in [1.807, 2.05) is 29.2 Å². The van der Waals surface area contributed by atoms with Crippen LogP contribution in [0.3, 0.4) is 0 Å². The molecule has 1 N–H and O–H groups in total. The van der Waals surface area contributed by atoms with Crippen LogP contribution >= 0.6 is 0 Å². The maximum absolute atomic E-state index is 13.0. The van der Waals surface area contributed by atoms with Gasteiger partial charge in [-0.3, -0.25) is 0 Å². The van der Waals surface area contributed by atoms with Crippen molar-refractivity contribution in [3.8, 4) is 0 Å². The molecule has 3 rings (SSSR count). The van der Waals surface area contributed by atoms with Crippen molar-refractivity contribution in [3.05, 3.63) is 29.8 Å². The van der Waals surface area contributed by atoms with Crippen LogP contribution in [0.1, 0.15) is 31.2 Å². The van der Waals surface area contributed by atoms with Crippen molar-refractivity contribution in [2.24, 2.45) is 5.92 Å².